The van der Waals surface area contributed by atoms with Gasteiger partial charge in [0.05, 0.1) is 6.10 Å². The molecule has 2 rings (SSSR count). The minimum atomic E-state index is -0.205. The van der Waals surface area contributed by atoms with Crippen molar-refractivity contribution in [2.45, 2.75) is 89.6 Å². The molecule has 2 nitrogen and oxygen atoms in total. The van der Waals surface area contributed by atoms with E-state index in [1.54, 1.807) is 0 Å². The molecule has 22 heavy (non-hydrogen) atoms. The molecule has 0 amide bonds. The van der Waals surface area contributed by atoms with Gasteiger partial charge in [-0.2, -0.15) is 0 Å². The van der Waals surface area contributed by atoms with Gasteiger partial charge in [-0.15, -0.1) is 0 Å². The van der Waals surface area contributed by atoms with Gasteiger partial charge in [0.25, 0.3) is 0 Å². The first kappa shape index (κ1) is 17.3. The maximum absolute atomic E-state index is 10.5. The van der Waals surface area contributed by atoms with Crippen LogP contribution in [0.15, 0.2) is 18.2 Å². The highest BCUT2D eigenvalue weighted by Crippen LogP contribution is 2.39. The van der Waals surface area contributed by atoms with E-state index in [1.165, 1.54) is 24.8 Å². The van der Waals surface area contributed by atoms with Gasteiger partial charge in [-0.1, -0.05) is 58.6 Å². The number of unbranched alkanes of at least 4 members (excludes halogenated alkanes) is 2. The van der Waals surface area contributed by atoms with Crippen molar-refractivity contribution in [3.8, 4) is 5.75 Å². The Balaban J connectivity index is 2.11. The molecule has 1 fully saturated rings. The molecule has 2 N–H and O–H groups in total. The van der Waals surface area contributed by atoms with Crippen molar-refractivity contribution in [2.24, 2.45) is 0 Å². The van der Waals surface area contributed by atoms with Gasteiger partial charge in [0.2, 0.25) is 0 Å². The second-order valence-corrected chi connectivity index (χ2v) is 7.63. The van der Waals surface area contributed by atoms with E-state index in [-0.39, 0.29) is 11.5 Å². The number of aliphatic hydroxyl groups is 1. The van der Waals surface area contributed by atoms with Crippen LogP contribution in [0.4, 0.5) is 0 Å². The lowest BCUT2D eigenvalue weighted by Crippen LogP contribution is -2.19. The van der Waals surface area contributed by atoms with Crippen molar-refractivity contribution in [3.05, 3.63) is 29.3 Å². The highest BCUT2D eigenvalue weighted by Gasteiger charge is 2.26. The fourth-order valence-electron chi connectivity index (χ4n) is 3.72. The van der Waals surface area contributed by atoms with Crippen LogP contribution in [0.5, 0.6) is 5.75 Å². The topological polar surface area (TPSA) is 40.5 Å². The van der Waals surface area contributed by atoms with Gasteiger partial charge in [0.15, 0.2) is 0 Å². The average Bonchev–Trinajstić information content (AvgIpc) is 2.47. The maximum atomic E-state index is 10.5. The molecule has 0 aliphatic heterocycles. The molecule has 124 valence electrons. The molecule has 1 aliphatic rings. The molecule has 0 unspecified atom stereocenters. The Bertz CT molecular complexity index is 479. The van der Waals surface area contributed by atoms with E-state index < -0.39 is 0 Å². The number of aliphatic hydroxyl groups excluding tert-OH is 1. The van der Waals surface area contributed by atoms with Crippen LogP contribution < -0.4 is 0 Å². The molecule has 2 heteroatoms. The predicted octanol–water partition coefficient (Wildman–Crippen LogP) is 5.27. The van der Waals surface area contributed by atoms with E-state index >= 15 is 0 Å². The Morgan fingerprint density at radius 1 is 1.18 bits per heavy atom. The summed E-state index contributed by atoms with van der Waals surface area (Å²) in [4.78, 5) is 0. The quantitative estimate of drug-likeness (QED) is 0.703. The molecular formula is C20H32O2. The van der Waals surface area contributed by atoms with Crippen LogP contribution in [-0.2, 0) is 5.41 Å². The summed E-state index contributed by atoms with van der Waals surface area (Å²) in [6.07, 6.45) is 8.51. The highest BCUT2D eigenvalue weighted by atomic mass is 16.3. The first-order valence-corrected chi connectivity index (χ1v) is 8.95. The van der Waals surface area contributed by atoms with Gasteiger partial charge in [-0.25, -0.2) is 0 Å². The summed E-state index contributed by atoms with van der Waals surface area (Å²) in [5, 5.41) is 20.3. The molecule has 0 aromatic heterocycles. The number of hydrogen-bond donors (Lipinski definition) is 2. The van der Waals surface area contributed by atoms with E-state index in [2.05, 4.69) is 32.9 Å². The van der Waals surface area contributed by atoms with E-state index in [0.29, 0.717) is 11.7 Å². The van der Waals surface area contributed by atoms with Crippen LogP contribution >= 0.6 is 0 Å². The number of phenolic OH excluding ortho intramolecular Hbond substituents is 1. The summed E-state index contributed by atoms with van der Waals surface area (Å²) in [6.45, 7) is 6.76. The number of aromatic hydroxyl groups is 1. The first-order chi connectivity index (χ1) is 10.4. The van der Waals surface area contributed by atoms with Crippen molar-refractivity contribution in [2.75, 3.05) is 0 Å². The lowest BCUT2D eigenvalue weighted by Gasteiger charge is -2.29. The summed E-state index contributed by atoms with van der Waals surface area (Å²) in [5.74, 6) is 0.723. The summed E-state index contributed by atoms with van der Waals surface area (Å²) < 4.78 is 0. The molecule has 2 atom stereocenters. The van der Waals surface area contributed by atoms with Gasteiger partial charge >= 0.3 is 0 Å². The van der Waals surface area contributed by atoms with E-state index in [4.69, 9.17) is 0 Å². The zero-order valence-electron chi connectivity index (χ0n) is 14.4. The van der Waals surface area contributed by atoms with Crippen molar-refractivity contribution in [1.82, 2.24) is 0 Å². The minimum Gasteiger partial charge on any atom is -0.508 e. The van der Waals surface area contributed by atoms with E-state index in [0.717, 1.165) is 37.7 Å². The minimum absolute atomic E-state index is 0.108. The lowest BCUT2D eigenvalue weighted by molar-refractivity contribution is 0.119. The predicted molar refractivity (Wildman–Crippen MR) is 92.5 cm³/mol. The number of phenols is 1. The van der Waals surface area contributed by atoms with Gasteiger partial charge in [-0.3, -0.25) is 0 Å². The van der Waals surface area contributed by atoms with Crippen molar-refractivity contribution in [1.29, 1.82) is 0 Å². The van der Waals surface area contributed by atoms with Crippen LogP contribution in [0.25, 0.3) is 0 Å². The zero-order valence-corrected chi connectivity index (χ0v) is 14.4. The van der Waals surface area contributed by atoms with Crippen LogP contribution in [0.2, 0.25) is 0 Å². The fraction of sp³-hybridized carbons (Fsp3) is 0.700. The molecule has 0 bridgehead atoms. The molecule has 1 saturated carbocycles. The second kappa shape index (κ2) is 7.50. The SMILES string of the molecule is CCCCCC(C)(C)c1ccc([C@@H]2CCC[C@@H](O)C2)c(O)c1. The largest absolute Gasteiger partial charge is 0.508 e. The van der Waals surface area contributed by atoms with Crippen LogP contribution in [-0.4, -0.2) is 16.3 Å². The van der Waals surface area contributed by atoms with Crippen LogP contribution in [0, 0.1) is 0 Å². The summed E-state index contributed by atoms with van der Waals surface area (Å²) in [5.41, 5.74) is 2.35. The maximum Gasteiger partial charge on any atom is 0.119 e. The average molecular weight is 304 g/mol. The Kier molecular flexibility index (Phi) is 5.91. The Morgan fingerprint density at radius 3 is 2.59 bits per heavy atom. The van der Waals surface area contributed by atoms with E-state index in [1.807, 2.05) is 6.07 Å². The fourth-order valence-corrected chi connectivity index (χ4v) is 3.72. The molecule has 1 aliphatic carbocycles. The number of benzene rings is 1. The lowest BCUT2D eigenvalue weighted by atomic mass is 9.77. The molecule has 0 radical (unpaired) electrons. The molecular weight excluding hydrogens is 272 g/mol. The third kappa shape index (κ3) is 4.25. The third-order valence-electron chi connectivity index (χ3n) is 5.30. The summed E-state index contributed by atoms with van der Waals surface area (Å²) in [6, 6.07) is 6.24. The standard InChI is InChI=1S/C20H32O2/c1-4-5-6-12-20(2,3)16-10-11-18(19(22)14-16)15-8-7-9-17(21)13-15/h10-11,14-15,17,21-22H,4-9,12-13H2,1-3H3/t15-,17-/m1/s1. The van der Waals surface area contributed by atoms with Gasteiger partial charge in [-0.05, 0) is 54.2 Å². The van der Waals surface area contributed by atoms with Crippen molar-refractivity contribution < 1.29 is 10.2 Å². The zero-order chi connectivity index (χ0) is 16.2. The first-order valence-electron chi connectivity index (χ1n) is 8.95. The Morgan fingerprint density at radius 2 is 1.95 bits per heavy atom. The van der Waals surface area contributed by atoms with Gasteiger partial charge in [0, 0.05) is 0 Å². The number of hydrogen-bond acceptors (Lipinski definition) is 2. The van der Waals surface area contributed by atoms with Gasteiger partial charge in [0.1, 0.15) is 5.75 Å². The van der Waals surface area contributed by atoms with E-state index in [9.17, 15) is 10.2 Å². The third-order valence-corrected chi connectivity index (χ3v) is 5.30. The molecule has 1 aromatic carbocycles. The molecule has 0 saturated heterocycles. The molecule has 0 heterocycles. The normalized spacial score (nSPS) is 22.7. The summed E-state index contributed by atoms with van der Waals surface area (Å²) >= 11 is 0. The van der Waals surface area contributed by atoms with Crippen LogP contribution in [0.1, 0.15) is 89.2 Å². The van der Waals surface area contributed by atoms with Crippen LogP contribution in [0.3, 0.4) is 0 Å². The Hall–Kier alpha value is -1.02. The second-order valence-electron chi connectivity index (χ2n) is 7.63. The Labute approximate surface area is 135 Å². The number of rotatable bonds is 6. The molecule has 1 aromatic rings. The summed E-state index contributed by atoms with van der Waals surface area (Å²) in [7, 11) is 0. The molecule has 0 spiro atoms. The van der Waals surface area contributed by atoms with Gasteiger partial charge < -0.3 is 10.2 Å². The monoisotopic (exact) mass is 304 g/mol. The highest BCUT2D eigenvalue weighted by molar-refractivity contribution is 5.41. The smallest absolute Gasteiger partial charge is 0.119 e. The van der Waals surface area contributed by atoms with Crippen molar-refractivity contribution >= 4 is 0 Å². The van der Waals surface area contributed by atoms with Crippen molar-refractivity contribution in [3.63, 3.8) is 0 Å².